The quantitative estimate of drug-likeness (QED) is 0.889. The van der Waals surface area contributed by atoms with Gasteiger partial charge in [-0.05, 0) is 52.6 Å². The van der Waals surface area contributed by atoms with E-state index in [-0.39, 0.29) is 0 Å². The maximum atomic E-state index is 5.27. The van der Waals surface area contributed by atoms with Gasteiger partial charge in [0, 0.05) is 24.2 Å². The second-order valence-electron chi connectivity index (χ2n) is 5.69. The van der Waals surface area contributed by atoms with Crippen LogP contribution < -0.4 is 5.32 Å². The molecule has 0 saturated carbocycles. The van der Waals surface area contributed by atoms with Gasteiger partial charge in [-0.2, -0.15) is 0 Å². The summed E-state index contributed by atoms with van der Waals surface area (Å²) < 4.78 is 5.27. The van der Waals surface area contributed by atoms with Crippen LogP contribution in [-0.4, -0.2) is 35.2 Å². The molecule has 18 heavy (non-hydrogen) atoms. The first-order chi connectivity index (χ1) is 8.75. The number of likely N-dealkylation sites (tertiary alicyclic amines) is 1. The molecular weight excluding hydrogens is 226 g/mol. The molecule has 2 aliphatic rings. The van der Waals surface area contributed by atoms with Gasteiger partial charge in [-0.1, -0.05) is 5.16 Å². The van der Waals surface area contributed by atoms with Crippen LogP contribution in [0.15, 0.2) is 4.52 Å². The van der Waals surface area contributed by atoms with Crippen LogP contribution >= 0.6 is 0 Å². The molecule has 0 amide bonds. The zero-order valence-electron chi connectivity index (χ0n) is 11.4. The lowest BCUT2D eigenvalue weighted by atomic mass is 10.0. The first kappa shape index (κ1) is 12.2. The van der Waals surface area contributed by atoms with E-state index in [0.29, 0.717) is 12.1 Å². The molecule has 0 spiro atoms. The van der Waals surface area contributed by atoms with Crippen molar-refractivity contribution in [1.29, 1.82) is 0 Å². The first-order valence-electron chi connectivity index (χ1n) is 7.15. The normalized spacial score (nSPS) is 29.2. The van der Waals surface area contributed by atoms with Gasteiger partial charge in [-0.15, -0.1) is 0 Å². The highest BCUT2D eigenvalue weighted by Gasteiger charge is 2.33. The standard InChI is InChI=1S/C14H23N3O/c1-10-12(11(2)18-16-10)9-17-8-4-6-14(17)13-5-3-7-15-13/h13-15H,3-9H2,1-2H3. The number of rotatable bonds is 3. The number of aromatic nitrogens is 1. The van der Waals surface area contributed by atoms with E-state index in [1.165, 1.54) is 44.3 Å². The summed E-state index contributed by atoms with van der Waals surface area (Å²) in [4.78, 5) is 2.62. The zero-order valence-corrected chi connectivity index (χ0v) is 11.4. The van der Waals surface area contributed by atoms with Crippen molar-refractivity contribution >= 4 is 0 Å². The largest absolute Gasteiger partial charge is 0.361 e. The third-order valence-corrected chi connectivity index (χ3v) is 4.52. The predicted octanol–water partition coefficient (Wildman–Crippen LogP) is 2.01. The molecule has 2 atom stereocenters. The second-order valence-corrected chi connectivity index (χ2v) is 5.69. The van der Waals surface area contributed by atoms with Crippen LogP contribution in [0.2, 0.25) is 0 Å². The molecule has 1 N–H and O–H groups in total. The molecular formula is C14H23N3O. The van der Waals surface area contributed by atoms with E-state index in [4.69, 9.17) is 4.52 Å². The Morgan fingerprint density at radius 2 is 2.22 bits per heavy atom. The highest BCUT2D eigenvalue weighted by molar-refractivity contribution is 5.21. The average Bonchev–Trinajstić information content (AvgIpc) is 3.06. The van der Waals surface area contributed by atoms with Gasteiger partial charge in [-0.25, -0.2) is 0 Å². The van der Waals surface area contributed by atoms with E-state index in [9.17, 15) is 0 Å². The first-order valence-corrected chi connectivity index (χ1v) is 7.15. The number of nitrogens with one attached hydrogen (secondary N) is 1. The monoisotopic (exact) mass is 249 g/mol. The van der Waals surface area contributed by atoms with Gasteiger partial charge in [0.25, 0.3) is 0 Å². The van der Waals surface area contributed by atoms with Gasteiger partial charge in [0.1, 0.15) is 5.76 Å². The molecule has 2 aliphatic heterocycles. The van der Waals surface area contributed by atoms with E-state index < -0.39 is 0 Å². The maximum Gasteiger partial charge on any atom is 0.138 e. The molecule has 1 aromatic rings. The Morgan fingerprint density at radius 3 is 2.89 bits per heavy atom. The van der Waals surface area contributed by atoms with Crippen LogP contribution in [-0.2, 0) is 6.54 Å². The van der Waals surface area contributed by atoms with Gasteiger partial charge in [-0.3, -0.25) is 4.90 Å². The third-order valence-electron chi connectivity index (χ3n) is 4.52. The van der Waals surface area contributed by atoms with Crippen molar-refractivity contribution < 1.29 is 4.52 Å². The van der Waals surface area contributed by atoms with Crippen molar-refractivity contribution in [2.45, 2.75) is 58.2 Å². The van der Waals surface area contributed by atoms with Crippen molar-refractivity contribution in [2.75, 3.05) is 13.1 Å². The van der Waals surface area contributed by atoms with E-state index in [2.05, 4.69) is 15.4 Å². The Balaban J connectivity index is 1.71. The number of hydrogen-bond acceptors (Lipinski definition) is 4. The number of nitrogens with zero attached hydrogens (tertiary/aromatic N) is 2. The molecule has 0 bridgehead atoms. The third kappa shape index (κ3) is 2.19. The summed E-state index contributed by atoms with van der Waals surface area (Å²) in [5, 5.41) is 7.72. The molecule has 3 heterocycles. The Hall–Kier alpha value is -0.870. The summed E-state index contributed by atoms with van der Waals surface area (Å²) in [5.41, 5.74) is 2.34. The van der Waals surface area contributed by atoms with E-state index in [1.54, 1.807) is 0 Å². The van der Waals surface area contributed by atoms with E-state index in [1.807, 2.05) is 13.8 Å². The molecule has 2 saturated heterocycles. The van der Waals surface area contributed by atoms with Crippen LogP contribution in [0.3, 0.4) is 0 Å². The second kappa shape index (κ2) is 5.02. The summed E-state index contributed by atoms with van der Waals surface area (Å²) in [6.07, 6.45) is 5.33. The lowest BCUT2D eigenvalue weighted by molar-refractivity contribution is 0.205. The molecule has 0 radical (unpaired) electrons. The topological polar surface area (TPSA) is 41.3 Å². The molecule has 0 aromatic carbocycles. The maximum absolute atomic E-state index is 5.27. The van der Waals surface area contributed by atoms with Crippen LogP contribution in [0, 0.1) is 13.8 Å². The lowest BCUT2D eigenvalue weighted by Gasteiger charge is -2.29. The zero-order chi connectivity index (χ0) is 12.5. The smallest absolute Gasteiger partial charge is 0.138 e. The van der Waals surface area contributed by atoms with Crippen LogP contribution in [0.25, 0.3) is 0 Å². The number of aryl methyl sites for hydroxylation is 2. The van der Waals surface area contributed by atoms with Crippen molar-refractivity contribution in [2.24, 2.45) is 0 Å². The van der Waals surface area contributed by atoms with Crippen molar-refractivity contribution in [3.8, 4) is 0 Å². The van der Waals surface area contributed by atoms with Crippen molar-refractivity contribution in [3.63, 3.8) is 0 Å². The van der Waals surface area contributed by atoms with E-state index in [0.717, 1.165) is 18.0 Å². The van der Waals surface area contributed by atoms with Gasteiger partial charge < -0.3 is 9.84 Å². The highest BCUT2D eigenvalue weighted by Crippen LogP contribution is 2.27. The SMILES string of the molecule is Cc1noc(C)c1CN1CCCC1C1CCCN1. The lowest BCUT2D eigenvalue weighted by Crippen LogP contribution is -2.43. The Morgan fingerprint density at radius 1 is 1.33 bits per heavy atom. The van der Waals surface area contributed by atoms with Crippen LogP contribution in [0.4, 0.5) is 0 Å². The van der Waals surface area contributed by atoms with Gasteiger partial charge in [0.05, 0.1) is 5.69 Å². The van der Waals surface area contributed by atoms with Gasteiger partial charge in [0.2, 0.25) is 0 Å². The minimum atomic E-state index is 0.702. The van der Waals surface area contributed by atoms with Crippen LogP contribution in [0.5, 0.6) is 0 Å². The average molecular weight is 249 g/mol. The summed E-state index contributed by atoms with van der Waals surface area (Å²) in [5.74, 6) is 0.984. The molecule has 2 fully saturated rings. The highest BCUT2D eigenvalue weighted by atomic mass is 16.5. The Labute approximate surface area is 109 Å². The molecule has 3 rings (SSSR count). The Kier molecular flexibility index (Phi) is 3.39. The van der Waals surface area contributed by atoms with Crippen molar-refractivity contribution in [1.82, 2.24) is 15.4 Å². The van der Waals surface area contributed by atoms with E-state index >= 15 is 0 Å². The summed E-state index contributed by atoms with van der Waals surface area (Å²) in [6, 6.07) is 1.41. The van der Waals surface area contributed by atoms with Crippen LogP contribution in [0.1, 0.15) is 42.7 Å². The van der Waals surface area contributed by atoms with Crippen molar-refractivity contribution in [3.05, 3.63) is 17.0 Å². The molecule has 2 unspecified atom stereocenters. The summed E-state index contributed by atoms with van der Waals surface area (Å²) in [6.45, 7) is 7.48. The van der Waals surface area contributed by atoms with Gasteiger partial charge in [0.15, 0.2) is 0 Å². The summed E-state index contributed by atoms with van der Waals surface area (Å²) >= 11 is 0. The Bertz CT molecular complexity index is 390. The molecule has 1 aromatic heterocycles. The fourth-order valence-electron chi connectivity index (χ4n) is 3.47. The fourth-order valence-corrected chi connectivity index (χ4v) is 3.47. The summed E-state index contributed by atoms with van der Waals surface area (Å²) in [7, 11) is 0. The minimum Gasteiger partial charge on any atom is -0.361 e. The molecule has 0 aliphatic carbocycles. The predicted molar refractivity (Wildman–Crippen MR) is 70.4 cm³/mol. The fraction of sp³-hybridized carbons (Fsp3) is 0.786. The molecule has 4 heteroatoms. The van der Waals surface area contributed by atoms with Gasteiger partial charge >= 0.3 is 0 Å². The molecule has 4 nitrogen and oxygen atoms in total. The number of hydrogen-bond donors (Lipinski definition) is 1. The molecule has 100 valence electrons. The minimum absolute atomic E-state index is 0.702.